The number of hydrogen-bond acceptors (Lipinski definition) is 3. The van der Waals surface area contributed by atoms with E-state index in [1.54, 1.807) is 19.2 Å². The van der Waals surface area contributed by atoms with Crippen LogP contribution in [0.25, 0.3) is 0 Å². The molecule has 0 amide bonds. The molecule has 6 heteroatoms. The Morgan fingerprint density at radius 3 is 2.93 bits per heavy atom. The Hall–Kier alpha value is -1.66. The maximum Gasteiger partial charge on any atom is 0.193 e. The fraction of sp³-hybridized carbons (Fsp3) is 0.667. The molecule has 1 heterocycles. The first-order valence-electron chi connectivity index (χ1n) is 10.0. The molecule has 1 saturated heterocycles. The molecule has 0 aromatic heterocycles. The van der Waals surface area contributed by atoms with E-state index >= 15 is 0 Å². The summed E-state index contributed by atoms with van der Waals surface area (Å²) in [6, 6.07) is 7.00. The van der Waals surface area contributed by atoms with Gasteiger partial charge in [0.05, 0.1) is 26.4 Å². The summed E-state index contributed by atoms with van der Waals surface area (Å²) >= 11 is 0. The van der Waals surface area contributed by atoms with Crippen molar-refractivity contribution in [3.63, 3.8) is 0 Å². The number of guanidine groups is 1. The van der Waals surface area contributed by atoms with Crippen LogP contribution in [-0.4, -0.2) is 64.0 Å². The lowest BCUT2D eigenvalue weighted by Gasteiger charge is -2.23. The number of hydrogen-bond donors (Lipinski definition) is 1. The smallest absolute Gasteiger partial charge is 0.193 e. The topological polar surface area (TPSA) is 46.1 Å². The van der Waals surface area contributed by atoms with Gasteiger partial charge in [0.1, 0.15) is 5.82 Å². The zero-order valence-electron chi connectivity index (χ0n) is 16.5. The van der Waals surface area contributed by atoms with E-state index in [0.717, 1.165) is 57.0 Å². The van der Waals surface area contributed by atoms with Crippen molar-refractivity contribution in [2.24, 2.45) is 10.9 Å². The summed E-state index contributed by atoms with van der Waals surface area (Å²) in [4.78, 5) is 7.26. The maximum absolute atomic E-state index is 13.6. The lowest BCUT2D eigenvalue weighted by Crippen LogP contribution is -2.40. The highest BCUT2D eigenvalue weighted by atomic mass is 19.1. The van der Waals surface area contributed by atoms with Crippen LogP contribution in [0.2, 0.25) is 0 Å². The van der Waals surface area contributed by atoms with Gasteiger partial charge >= 0.3 is 0 Å². The van der Waals surface area contributed by atoms with Gasteiger partial charge in [-0.05, 0) is 43.9 Å². The Kier molecular flexibility index (Phi) is 7.07. The summed E-state index contributed by atoms with van der Waals surface area (Å²) in [7, 11) is 1.69. The second kappa shape index (κ2) is 9.51. The highest BCUT2D eigenvalue weighted by Gasteiger charge is 2.44. The molecule has 1 aromatic carbocycles. The van der Waals surface area contributed by atoms with Crippen molar-refractivity contribution in [1.82, 2.24) is 10.2 Å². The van der Waals surface area contributed by atoms with Crippen LogP contribution in [0, 0.1) is 11.7 Å². The van der Waals surface area contributed by atoms with Crippen molar-refractivity contribution in [2.45, 2.75) is 31.6 Å². The molecule has 1 N–H and O–H groups in total. The van der Waals surface area contributed by atoms with Gasteiger partial charge in [0, 0.05) is 38.1 Å². The molecule has 1 aliphatic carbocycles. The van der Waals surface area contributed by atoms with Crippen LogP contribution in [-0.2, 0) is 14.9 Å². The monoisotopic (exact) mass is 377 g/mol. The van der Waals surface area contributed by atoms with Gasteiger partial charge in [0.15, 0.2) is 5.96 Å². The highest BCUT2D eigenvalue weighted by molar-refractivity contribution is 5.80. The third-order valence-corrected chi connectivity index (χ3v) is 5.53. The lowest BCUT2D eigenvalue weighted by atomic mass is 9.96. The fourth-order valence-corrected chi connectivity index (χ4v) is 3.71. The summed E-state index contributed by atoms with van der Waals surface area (Å²) in [6.07, 6.45) is 3.27. The van der Waals surface area contributed by atoms with Crippen molar-refractivity contribution >= 4 is 5.96 Å². The van der Waals surface area contributed by atoms with Gasteiger partial charge in [0.25, 0.3) is 0 Å². The SMILES string of the molecule is CCNC(=NCC1(c2cccc(F)c2)CC1)N1CCC(COCCOC)C1. The maximum atomic E-state index is 13.6. The Labute approximate surface area is 161 Å². The van der Waals surface area contributed by atoms with Gasteiger partial charge in [-0.25, -0.2) is 4.39 Å². The van der Waals surface area contributed by atoms with Gasteiger partial charge in [-0.1, -0.05) is 12.1 Å². The van der Waals surface area contributed by atoms with Gasteiger partial charge in [-0.15, -0.1) is 0 Å². The summed E-state index contributed by atoms with van der Waals surface area (Å²) in [5.41, 5.74) is 1.10. The van der Waals surface area contributed by atoms with Crippen LogP contribution in [0.3, 0.4) is 0 Å². The molecular formula is C21H32FN3O2. The number of aliphatic imine (C=N–C) groups is 1. The molecule has 0 radical (unpaired) electrons. The summed E-state index contributed by atoms with van der Waals surface area (Å²) in [5, 5.41) is 3.43. The van der Waals surface area contributed by atoms with Crippen LogP contribution in [0.15, 0.2) is 29.3 Å². The molecule has 1 unspecified atom stereocenters. The van der Waals surface area contributed by atoms with E-state index < -0.39 is 0 Å². The number of methoxy groups -OCH3 is 1. The minimum Gasteiger partial charge on any atom is -0.382 e. The second-order valence-electron chi connectivity index (χ2n) is 7.63. The molecule has 1 aliphatic heterocycles. The Balaban J connectivity index is 1.57. The van der Waals surface area contributed by atoms with E-state index in [1.807, 2.05) is 6.07 Å². The number of nitrogens with zero attached hydrogens (tertiary/aromatic N) is 2. The molecule has 0 bridgehead atoms. The van der Waals surface area contributed by atoms with Gasteiger partial charge in [-0.3, -0.25) is 4.99 Å². The first-order chi connectivity index (χ1) is 13.2. The highest BCUT2D eigenvalue weighted by Crippen LogP contribution is 2.48. The van der Waals surface area contributed by atoms with E-state index in [2.05, 4.69) is 17.1 Å². The predicted octanol–water partition coefficient (Wildman–Crippen LogP) is 2.81. The van der Waals surface area contributed by atoms with Crippen LogP contribution in [0.1, 0.15) is 31.7 Å². The quantitative estimate of drug-likeness (QED) is 0.408. The number of benzene rings is 1. The zero-order valence-corrected chi connectivity index (χ0v) is 16.5. The van der Waals surface area contributed by atoms with Crippen LogP contribution in [0.5, 0.6) is 0 Å². The molecule has 150 valence electrons. The molecule has 1 saturated carbocycles. The molecule has 0 spiro atoms. The summed E-state index contributed by atoms with van der Waals surface area (Å²) < 4.78 is 24.3. The normalized spacial score (nSPS) is 21.5. The molecule has 2 aliphatic rings. The molecule has 27 heavy (non-hydrogen) atoms. The molecule has 5 nitrogen and oxygen atoms in total. The van der Waals surface area contributed by atoms with Crippen LogP contribution >= 0.6 is 0 Å². The van der Waals surface area contributed by atoms with Crippen LogP contribution < -0.4 is 5.32 Å². The standard InChI is InChI=1S/C21H32FN3O2/c1-3-23-20(25-10-7-17(14-25)15-27-12-11-26-2)24-16-21(8-9-21)18-5-4-6-19(22)13-18/h4-6,13,17H,3,7-12,14-16H2,1-2H3,(H,23,24). The number of halogens is 1. The largest absolute Gasteiger partial charge is 0.382 e. The first kappa shape index (κ1) is 20.1. The summed E-state index contributed by atoms with van der Waals surface area (Å²) in [5.74, 6) is 1.34. The predicted molar refractivity (Wildman–Crippen MR) is 106 cm³/mol. The first-order valence-corrected chi connectivity index (χ1v) is 10.0. The third kappa shape index (κ3) is 5.42. The van der Waals surface area contributed by atoms with Crippen molar-refractivity contribution in [3.05, 3.63) is 35.6 Å². The van der Waals surface area contributed by atoms with E-state index in [-0.39, 0.29) is 11.2 Å². The van der Waals surface area contributed by atoms with Crippen molar-refractivity contribution in [2.75, 3.05) is 53.1 Å². The average Bonchev–Trinajstić information content (AvgIpc) is 3.32. The summed E-state index contributed by atoms with van der Waals surface area (Å²) in [6.45, 7) is 7.67. The number of rotatable bonds is 9. The number of ether oxygens (including phenoxy) is 2. The number of likely N-dealkylation sites (tertiary alicyclic amines) is 1. The molecule has 3 rings (SSSR count). The lowest BCUT2D eigenvalue weighted by molar-refractivity contribution is 0.0536. The average molecular weight is 378 g/mol. The third-order valence-electron chi connectivity index (χ3n) is 5.53. The van der Waals surface area contributed by atoms with Crippen molar-refractivity contribution in [1.29, 1.82) is 0 Å². The van der Waals surface area contributed by atoms with Gasteiger partial charge in [-0.2, -0.15) is 0 Å². The Morgan fingerprint density at radius 2 is 2.22 bits per heavy atom. The van der Waals surface area contributed by atoms with Crippen molar-refractivity contribution in [3.8, 4) is 0 Å². The molecule has 1 atom stereocenters. The van der Waals surface area contributed by atoms with E-state index in [4.69, 9.17) is 14.5 Å². The fourth-order valence-electron chi connectivity index (χ4n) is 3.71. The zero-order chi connectivity index (χ0) is 19.1. The molecule has 2 fully saturated rings. The molecule has 1 aromatic rings. The minimum absolute atomic E-state index is 0.0190. The molecular weight excluding hydrogens is 345 g/mol. The minimum atomic E-state index is -0.162. The van der Waals surface area contributed by atoms with Gasteiger partial charge < -0.3 is 19.7 Å². The van der Waals surface area contributed by atoms with E-state index in [1.165, 1.54) is 6.07 Å². The Morgan fingerprint density at radius 1 is 1.37 bits per heavy atom. The van der Waals surface area contributed by atoms with Crippen LogP contribution in [0.4, 0.5) is 4.39 Å². The van der Waals surface area contributed by atoms with Crippen molar-refractivity contribution < 1.29 is 13.9 Å². The van der Waals surface area contributed by atoms with Gasteiger partial charge in [0.2, 0.25) is 0 Å². The van der Waals surface area contributed by atoms with E-state index in [0.29, 0.717) is 25.7 Å². The number of nitrogens with one attached hydrogen (secondary N) is 1. The Bertz CT molecular complexity index is 634. The van der Waals surface area contributed by atoms with E-state index in [9.17, 15) is 4.39 Å². The second-order valence-corrected chi connectivity index (χ2v) is 7.63.